The maximum absolute atomic E-state index is 11.8. The minimum Gasteiger partial charge on any atom is -0.508 e. The van der Waals surface area contributed by atoms with Gasteiger partial charge in [0.1, 0.15) is 93.4 Å². The topological polar surface area (TPSA) is 199 Å². The van der Waals surface area contributed by atoms with Gasteiger partial charge in [-0.1, -0.05) is 48.5 Å². The number of hydrogen-bond acceptors (Lipinski definition) is 12. The van der Waals surface area contributed by atoms with Gasteiger partial charge in [0, 0.05) is 40.5 Å². The van der Waals surface area contributed by atoms with Crippen LogP contribution < -0.4 is 18.9 Å². The molecule has 0 unspecified atom stereocenters. The van der Waals surface area contributed by atoms with E-state index in [1.54, 1.807) is 121 Å². The van der Waals surface area contributed by atoms with Crippen molar-refractivity contribution in [3.8, 4) is 69.0 Å². The molecule has 13 rings (SSSR count). The summed E-state index contributed by atoms with van der Waals surface area (Å²) in [5.41, 5.74) is 8.46. The van der Waals surface area contributed by atoms with Crippen molar-refractivity contribution < 1.29 is 59.8 Å². The molecule has 0 radical (unpaired) electrons. The molecule has 8 N–H and O–H groups in total. The molecule has 8 aromatic rings. The minimum atomic E-state index is -0.801. The second-order valence-corrected chi connectivity index (χ2v) is 18.2. The first-order chi connectivity index (χ1) is 32.9. The lowest BCUT2D eigenvalue weighted by Crippen LogP contribution is -2.16. The first-order valence-corrected chi connectivity index (χ1v) is 22.2. The van der Waals surface area contributed by atoms with Crippen molar-refractivity contribution in [3.05, 3.63) is 212 Å². The lowest BCUT2D eigenvalue weighted by atomic mass is 9.74. The zero-order chi connectivity index (χ0) is 46.3. The van der Waals surface area contributed by atoms with Crippen LogP contribution in [0, 0.1) is 0 Å². The van der Waals surface area contributed by atoms with Crippen LogP contribution in [-0.2, 0) is 0 Å². The molecule has 4 heterocycles. The molecule has 12 nitrogen and oxygen atoms in total. The lowest BCUT2D eigenvalue weighted by molar-refractivity contribution is 0.213. The summed E-state index contributed by atoms with van der Waals surface area (Å²) in [5.74, 6) is -1.04. The highest BCUT2D eigenvalue weighted by atomic mass is 16.5. The van der Waals surface area contributed by atoms with E-state index in [0.717, 1.165) is 33.4 Å². The number of phenols is 8. The van der Waals surface area contributed by atoms with Crippen LogP contribution >= 0.6 is 0 Å². The highest BCUT2D eigenvalue weighted by Crippen LogP contribution is 2.69. The van der Waals surface area contributed by atoms with Gasteiger partial charge < -0.3 is 59.8 Å². The molecular weight excluding hydrogens is 865 g/mol. The van der Waals surface area contributed by atoms with Crippen LogP contribution in [0.1, 0.15) is 115 Å². The summed E-state index contributed by atoms with van der Waals surface area (Å²) in [6.07, 6.45) is -3.01. The zero-order valence-electron chi connectivity index (χ0n) is 35.7. The molecule has 0 fully saturated rings. The van der Waals surface area contributed by atoms with E-state index in [-0.39, 0.29) is 46.0 Å². The fraction of sp³-hybridized carbons (Fsp3) is 0.143. The van der Waals surface area contributed by atoms with E-state index in [2.05, 4.69) is 0 Å². The maximum atomic E-state index is 11.8. The van der Waals surface area contributed by atoms with Gasteiger partial charge in [0.15, 0.2) is 0 Å². The van der Waals surface area contributed by atoms with Gasteiger partial charge in [0.2, 0.25) is 0 Å². The predicted molar refractivity (Wildman–Crippen MR) is 246 cm³/mol. The standard InChI is InChI=1S/C56H40O12/c57-30-9-1-25(2-10-30)52-44(29-17-34(61)19-35(62)18-29)51-43(67-52)24-40-48-45-38(20-36(63)22-41(45)66-54(48)27-5-13-32(59)14-6-27)47-46-39(49-50(40)56(51)68-55(49)28-7-15-33(60)16-8-28)21-37(64)23-42(46)65-53(47)26-3-11-31(58)12-4-26/h1-24,44,47-49,52-55,57-64H/t44-,47-,48-,49-,52+,53-,54+,55+/m1/s1. The number of phenolic OH excluding ortho intramolecular Hbond substituents is 8. The Morgan fingerprint density at radius 2 is 0.574 bits per heavy atom. The van der Waals surface area contributed by atoms with Crippen molar-refractivity contribution in [1.82, 2.24) is 0 Å². The highest BCUT2D eigenvalue weighted by molar-refractivity contribution is 5.73. The number of fused-ring (bicyclic) bond motifs is 5. The Labute approximate surface area is 388 Å². The highest BCUT2D eigenvalue weighted by Gasteiger charge is 2.55. The normalized spacial score (nSPS) is 23.1. The third kappa shape index (κ3) is 5.93. The van der Waals surface area contributed by atoms with Crippen LogP contribution in [0.25, 0.3) is 0 Å². The minimum absolute atomic E-state index is 0.0394. The van der Waals surface area contributed by atoms with E-state index < -0.39 is 48.1 Å². The van der Waals surface area contributed by atoms with Crippen LogP contribution in [-0.4, -0.2) is 40.9 Å². The Kier molecular flexibility index (Phi) is 8.42. The third-order valence-electron chi connectivity index (χ3n) is 14.3. The molecule has 8 aromatic carbocycles. The molecule has 4 aliphatic heterocycles. The van der Waals surface area contributed by atoms with Crippen molar-refractivity contribution in [2.45, 2.75) is 48.1 Å². The third-order valence-corrected chi connectivity index (χ3v) is 14.3. The van der Waals surface area contributed by atoms with Crippen LogP contribution in [0.5, 0.6) is 69.0 Å². The molecule has 1 aliphatic carbocycles. The molecular formula is C56H40O12. The van der Waals surface area contributed by atoms with Crippen molar-refractivity contribution in [2.24, 2.45) is 0 Å². The Morgan fingerprint density at radius 3 is 0.985 bits per heavy atom. The van der Waals surface area contributed by atoms with Crippen molar-refractivity contribution in [2.75, 3.05) is 0 Å². The molecule has 68 heavy (non-hydrogen) atoms. The van der Waals surface area contributed by atoms with Gasteiger partial charge in [0.05, 0.1) is 23.7 Å². The monoisotopic (exact) mass is 904 g/mol. The smallest absolute Gasteiger partial charge is 0.135 e. The first-order valence-electron chi connectivity index (χ1n) is 22.2. The van der Waals surface area contributed by atoms with Crippen molar-refractivity contribution in [1.29, 1.82) is 0 Å². The van der Waals surface area contributed by atoms with E-state index in [4.69, 9.17) is 18.9 Å². The largest absolute Gasteiger partial charge is 0.508 e. The summed E-state index contributed by atoms with van der Waals surface area (Å²) in [7, 11) is 0. The Balaban J connectivity index is 1.17. The summed E-state index contributed by atoms with van der Waals surface area (Å²) < 4.78 is 28.6. The molecule has 0 bridgehead atoms. The van der Waals surface area contributed by atoms with E-state index in [1.165, 1.54) is 6.07 Å². The molecule has 5 aliphatic rings. The predicted octanol–water partition coefficient (Wildman–Crippen LogP) is 10.7. The van der Waals surface area contributed by atoms with Gasteiger partial charge in [-0.25, -0.2) is 0 Å². The Morgan fingerprint density at radius 1 is 0.250 bits per heavy atom. The van der Waals surface area contributed by atoms with Crippen LogP contribution in [0.4, 0.5) is 0 Å². The molecule has 8 atom stereocenters. The summed E-state index contributed by atoms with van der Waals surface area (Å²) in [5, 5.41) is 87.5. The molecule has 336 valence electrons. The van der Waals surface area contributed by atoms with Gasteiger partial charge in [-0.15, -0.1) is 0 Å². The fourth-order valence-corrected chi connectivity index (χ4v) is 11.6. The number of ether oxygens (including phenoxy) is 4. The quantitative estimate of drug-likeness (QED) is 0.0814. The summed E-state index contributed by atoms with van der Waals surface area (Å²) in [6, 6.07) is 40.2. The number of aromatic hydroxyl groups is 8. The molecule has 0 saturated carbocycles. The van der Waals surface area contributed by atoms with Gasteiger partial charge in [-0.05, 0) is 123 Å². The summed E-state index contributed by atoms with van der Waals surface area (Å²) in [4.78, 5) is 0. The SMILES string of the molecule is Oc1ccc([C@H]2Oc3cc(O)cc4c3[C@H]2c2cc(O)cc3c2[C@@H](c2cc5c(c6c2[C@@H]4[C@H](c2ccc(O)cc2)O6)[C@@H](c2cc(O)cc(O)c2)[C@H](c2ccc(O)cc2)O5)[C@H](c2ccc(O)cc2)O3)cc1. The number of benzene rings is 8. The molecule has 12 heteroatoms. The second-order valence-electron chi connectivity index (χ2n) is 18.2. The fourth-order valence-electron chi connectivity index (χ4n) is 11.6. The average Bonchev–Trinajstić information content (AvgIpc) is 4.10. The molecule has 0 saturated heterocycles. The van der Waals surface area contributed by atoms with Gasteiger partial charge >= 0.3 is 0 Å². The van der Waals surface area contributed by atoms with Gasteiger partial charge in [-0.3, -0.25) is 0 Å². The lowest BCUT2D eigenvalue weighted by Gasteiger charge is -2.26. The van der Waals surface area contributed by atoms with E-state index in [1.807, 2.05) is 18.2 Å². The van der Waals surface area contributed by atoms with E-state index >= 15 is 0 Å². The Hall–Kier alpha value is -8.64. The maximum Gasteiger partial charge on any atom is 0.135 e. The number of hydrogen-bond donors (Lipinski definition) is 8. The van der Waals surface area contributed by atoms with Crippen LogP contribution in [0.2, 0.25) is 0 Å². The first kappa shape index (κ1) is 39.7. The number of rotatable bonds is 5. The van der Waals surface area contributed by atoms with E-state index in [9.17, 15) is 40.9 Å². The van der Waals surface area contributed by atoms with Gasteiger partial charge in [-0.2, -0.15) is 0 Å². The zero-order valence-corrected chi connectivity index (χ0v) is 35.7. The molecule has 0 spiro atoms. The van der Waals surface area contributed by atoms with Gasteiger partial charge in [0.25, 0.3) is 0 Å². The summed E-state index contributed by atoms with van der Waals surface area (Å²) in [6.45, 7) is 0. The molecule has 0 aromatic heterocycles. The molecule has 0 amide bonds. The summed E-state index contributed by atoms with van der Waals surface area (Å²) >= 11 is 0. The van der Waals surface area contributed by atoms with Crippen molar-refractivity contribution in [3.63, 3.8) is 0 Å². The average molecular weight is 905 g/mol. The van der Waals surface area contributed by atoms with Crippen LogP contribution in [0.3, 0.4) is 0 Å². The van der Waals surface area contributed by atoms with Crippen molar-refractivity contribution >= 4 is 0 Å². The Bertz CT molecular complexity index is 3350. The second kappa shape index (κ2) is 14.4. The van der Waals surface area contributed by atoms with E-state index in [0.29, 0.717) is 56.4 Å². The van der Waals surface area contributed by atoms with Crippen LogP contribution in [0.15, 0.2) is 146 Å².